The van der Waals surface area contributed by atoms with E-state index in [9.17, 15) is 14.4 Å². The van der Waals surface area contributed by atoms with Crippen LogP contribution in [0.3, 0.4) is 0 Å². The summed E-state index contributed by atoms with van der Waals surface area (Å²) in [5, 5.41) is 0. The molecule has 0 aromatic carbocycles. The Morgan fingerprint density at radius 3 is 1.69 bits per heavy atom. The highest BCUT2D eigenvalue weighted by molar-refractivity contribution is 5.67. The summed E-state index contributed by atoms with van der Waals surface area (Å²) in [5.74, 6) is -0.987. The third-order valence-electron chi connectivity index (χ3n) is 1.18. The Morgan fingerprint density at radius 2 is 1.44 bits per heavy atom. The minimum Gasteiger partial charge on any atom is -0.469 e. The van der Waals surface area contributed by atoms with Gasteiger partial charge in [0.05, 0.1) is 7.11 Å². The zero-order valence-corrected chi connectivity index (χ0v) is 10.2. The Bertz CT molecular complexity index is 235. The SMILES string of the molecule is CC(=O)OCC(C)OC(C)=O.COC(C)=O. The molecular weight excluding hydrogens is 216 g/mol. The molecule has 1 atom stereocenters. The molecule has 6 heteroatoms. The van der Waals surface area contributed by atoms with E-state index >= 15 is 0 Å². The Labute approximate surface area is 94.9 Å². The first kappa shape index (κ1) is 16.8. The predicted molar refractivity (Wildman–Crippen MR) is 55.6 cm³/mol. The van der Waals surface area contributed by atoms with Crippen molar-refractivity contribution in [1.29, 1.82) is 0 Å². The standard InChI is InChI=1S/C7H12O4.C3H6O2/c1-5(11-7(3)9)4-10-6(2)8;1-3(4)5-2/h5H,4H2,1-3H3;1-2H3. The molecule has 6 nitrogen and oxygen atoms in total. The zero-order valence-electron chi connectivity index (χ0n) is 10.2. The van der Waals surface area contributed by atoms with Crippen molar-refractivity contribution in [2.75, 3.05) is 13.7 Å². The number of esters is 3. The van der Waals surface area contributed by atoms with E-state index in [-0.39, 0.29) is 30.6 Å². The first-order valence-electron chi connectivity index (χ1n) is 4.64. The number of methoxy groups -OCH3 is 1. The van der Waals surface area contributed by atoms with Gasteiger partial charge in [-0.15, -0.1) is 0 Å². The number of rotatable bonds is 3. The minimum atomic E-state index is -0.371. The van der Waals surface area contributed by atoms with Crippen molar-refractivity contribution in [2.24, 2.45) is 0 Å². The highest BCUT2D eigenvalue weighted by Gasteiger charge is 2.06. The summed E-state index contributed by atoms with van der Waals surface area (Å²) in [4.78, 5) is 30.2. The highest BCUT2D eigenvalue weighted by Crippen LogP contribution is 1.92. The lowest BCUT2D eigenvalue weighted by molar-refractivity contribution is -0.155. The van der Waals surface area contributed by atoms with Crippen LogP contribution in [0.5, 0.6) is 0 Å². The third kappa shape index (κ3) is 18.2. The predicted octanol–water partition coefficient (Wildman–Crippen LogP) is 0.680. The van der Waals surface area contributed by atoms with Crippen LogP contribution in [-0.4, -0.2) is 37.7 Å². The van der Waals surface area contributed by atoms with Gasteiger partial charge in [0.25, 0.3) is 0 Å². The normalized spacial score (nSPS) is 10.3. The number of hydrogen-bond donors (Lipinski definition) is 0. The van der Waals surface area contributed by atoms with Gasteiger partial charge in [0.15, 0.2) is 0 Å². The second-order valence-electron chi connectivity index (χ2n) is 2.92. The van der Waals surface area contributed by atoms with Gasteiger partial charge in [-0.1, -0.05) is 0 Å². The van der Waals surface area contributed by atoms with Crippen LogP contribution in [0, 0.1) is 0 Å². The van der Waals surface area contributed by atoms with E-state index in [0.29, 0.717) is 0 Å². The van der Waals surface area contributed by atoms with E-state index < -0.39 is 0 Å². The fourth-order valence-corrected chi connectivity index (χ4v) is 0.552. The topological polar surface area (TPSA) is 78.9 Å². The number of hydrogen-bond acceptors (Lipinski definition) is 6. The molecule has 0 N–H and O–H groups in total. The first-order valence-corrected chi connectivity index (χ1v) is 4.64. The lowest BCUT2D eigenvalue weighted by Crippen LogP contribution is -2.19. The zero-order chi connectivity index (χ0) is 13.1. The Kier molecular flexibility index (Phi) is 10.5. The Hall–Kier alpha value is -1.59. The van der Waals surface area contributed by atoms with Crippen LogP contribution in [0.4, 0.5) is 0 Å². The molecule has 0 spiro atoms. The molecular formula is C10H18O6. The van der Waals surface area contributed by atoms with Crippen LogP contribution in [0.2, 0.25) is 0 Å². The lowest BCUT2D eigenvalue weighted by atomic mass is 10.4. The van der Waals surface area contributed by atoms with Crippen LogP contribution in [-0.2, 0) is 28.6 Å². The summed E-state index contributed by atoms with van der Waals surface area (Å²) in [7, 11) is 1.35. The number of ether oxygens (including phenoxy) is 3. The van der Waals surface area contributed by atoms with Crippen molar-refractivity contribution < 1.29 is 28.6 Å². The van der Waals surface area contributed by atoms with Crippen molar-refractivity contribution in [3.8, 4) is 0 Å². The Balaban J connectivity index is 0. The van der Waals surface area contributed by atoms with E-state index in [1.165, 1.54) is 27.9 Å². The van der Waals surface area contributed by atoms with Gasteiger partial charge in [0, 0.05) is 20.8 Å². The highest BCUT2D eigenvalue weighted by atomic mass is 16.6. The Morgan fingerprint density at radius 1 is 1.00 bits per heavy atom. The van der Waals surface area contributed by atoms with Crippen LogP contribution in [0.1, 0.15) is 27.7 Å². The van der Waals surface area contributed by atoms with Crippen LogP contribution < -0.4 is 0 Å². The van der Waals surface area contributed by atoms with Gasteiger partial charge in [-0.3, -0.25) is 14.4 Å². The molecule has 1 unspecified atom stereocenters. The molecule has 0 aliphatic heterocycles. The van der Waals surface area contributed by atoms with E-state index in [1.807, 2.05) is 0 Å². The number of carbonyl (C=O) groups excluding carboxylic acids is 3. The maximum absolute atomic E-state index is 10.3. The van der Waals surface area contributed by atoms with Crippen molar-refractivity contribution in [1.82, 2.24) is 0 Å². The molecule has 0 radical (unpaired) electrons. The molecule has 0 amide bonds. The average molecular weight is 234 g/mol. The van der Waals surface area contributed by atoms with E-state index in [0.717, 1.165) is 0 Å². The molecule has 0 aromatic rings. The molecule has 0 bridgehead atoms. The largest absolute Gasteiger partial charge is 0.469 e. The molecule has 0 aliphatic rings. The van der Waals surface area contributed by atoms with Gasteiger partial charge in [0.1, 0.15) is 12.7 Å². The van der Waals surface area contributed by atoms with E-state index in [4.69, 9.17) is 0 Å². The smallest absolute Gasteiger partial charge is 0.303 e. The molecule has 0 saturated carbocycles. The van der Waals surface area contributed by atoms with Gasteiger partial charge in [-0.25, -0.2) is 0 Å². The van der Waals surface area contributed by atoms with Gasteiger partial charge in [0.2, 0.25) is 0 Å². The lowest BCUT2D eigenvalue weighted by Gasteiger charge is -2.10. The molecule has 0 fully saturated rings. The van der Waals surface area contributed by atoms with Crippen molar-refractivity contribution in [3.63, 3.8) is 0 Å². The second kappa shape index (κ2) is 9.95. The summed E-state index contributed by atoms with van der Waals surface area (Å²) in [6.45, 7) is 5.75. The van der Waals surface area contributed by atoms with Crippen LogP contribution in [0.15, 0.2) is 0 Å². The molecule has 0 heterocycles. The first-order chi connectivity index (χ1) is 7.29. The summed E-state index contributed by atoms with van der Waals surface area (Å²) in [6.07, 6.45) is -0.364. The molecule has 0 aromatic heterocycles. The summed E-state index contributed by atoms with van der Waals surface area (Å²) < 4.78 is 13.4. The molecule has 0 rings (SSSR count). The summed E-state index contributed by atoms with van der Waals surface area (Å²) in [5.41, 5.74) is 0. The molecule has 94 valence electrons. The third-order valence-corrected chi connectivity index (χ3v) is 1.18. The number of carbonyl (C=O) groups is 3. The monoisotopic (exact) mass is 234 g/mol. The maximum atomic E-state index is 10.3. The van der Waals surface area contributed by atoms with Gasteiger partial charge in [-0.2, -0.15) is 0 Å². The van der Waals surface area contributed by atoms with Gasteiger partial charge in [-0.05, 0) is 6.92 Å². The van der Waals surface area contributed by atoms with Gasteiger partial charge >= 0.3 is 17.9 Å². The van der Waals surface area contributed by atoms with Crippen LogP contribution >= 0.6 is 0 Å². The summed E-state index contributed by atoms with van der Waals surface area (Å²) in [6, 6.07) is 0. The molecule has 0 aliphatic carbocycles. The quantitative estimate of drug-likeness (QED) is 0.527. The fourth-order valence-electron chi connectivity index (χ4n) is 0.552. The average Bonchev–Trinajstić information content (AvgIpc) is 2.14. The van der Waals surface area contributed by atoms with E-state index in [2.05, 4.69) is 14.2 Å². The van der Waals surface area contributed by atoms with Crippen LogP contribution in [0.25, 0.3) is 0 Å². The van der Waals surface area contributed by atoms with Crippen molar-refractivity contribution in [2.45, 2.75) is 33.8 Å². The molecule has 16 heavy (non-hydrogen) atoms. The maximum Gasteiger partial charge on any atom is 0.303 e. The van der Waals surface area contributed by atoms with E-state index in [1.54, 1.807) is 6.92 Å². The van der Waals surface area contributed by atoms with Gasteiger partial charge < -0.3 is 14.2 Å². The summed E-state index contributed by atoms with van der Waals surface area (Å²) >= 11 is 0. The second-order valence-corrected chi connectivity index (χ2v) is 2.92. The molecule has 0 saturated heterocycles. The minimum absolute atomic E-state index is 0.120. The fraction of sp³-hybridized carbons (Fsp3) is 0.700. The van der Waals surface area contributed by atoms with Crippen molar-refractivity contribution >= 4 is 17.9 Å². The van der Waals surface area contributed by atoms with Crippen molar-refractivity contribution in [3.05, 3.63) is 0 Å².